The van der Waals surface area contributed by atoms with Gasteiger partial charge in [0.2, 0.25) is 5.88 Å². The van der Waals surface area contributed by atoms with E-state index in [1.54, 1.807) is 6.20 Å². The van der Waals surface area contributed by atoms with Gasteiger partial charge in [0.15, 0.2) is 0 Å². The SMILES string of the molecule is CCCC1(c2ccccc2)CCC(Oc2cc3ccnc(OCc4ccccc4)c3cc2Cl)CC1. The van der Waals surface area contributed by atoms with Gasteiger partial charge in [0.05, 0.1) is 11.1 Å². The van der Waals surface area contributed by atoms with E-state index in [1.807, 2.05) is 48.5 Å². The molecule has 0 radical (unpaired) electrons. The average Bonchev–Trinajstić information content (AvgIpc) is 2.90. The minimum absolute atomic E-state index is 0.175. The summed E-state index contributed by atoms with van der Waals surface area (Å²) in [6.07, 6.45) is 8.72. The van der Waals surface area contributed by atoms with Gasteiger partial charge in [-0.05, 0) is 72.2 Å². The molecule has 4 aromatic rings. The van der Waals surface area contributed by atoms with Crippen LogP contribution >= 0.6 is 11.6 Å². The Labute approximate surface area is 213 Å². The van der Waals surface area contributed by atoms with Gasteiger partial charge in [-0.25, -0.2) is 4.98 Å². The van der Waals surface area contributed by atoms with Crippen molar-refractivity contribution in [3.63, 3.8) is 0 Å². The minimum Gasteiger partial charge on any atom is -0.489 e. The Morgan fingerprint density at radius 1 is 0.943 bits per heavy atom. The molecule has 1 saturated carbocycles. The monoisotopic (exact) mass is 485 g/mol. The van der Waals surface area contributed by atoms with Crippen LogP contribution in [0.25, 0.3) is 10.8 Å². The first-order valence-electron chi connectivity index (χ1n) is 12.6. The summed E-state index contributed by atoms with van der Waals surface area (Å²) in [6, 6.07) is 27.1. The summed E-state index contributed by atoms with van der Waals surface area (Å²) in [5, 5.41) is 2.52. The number of aromatic nitrogens is 1. The van der Waals surface area contributed by atoms with Gasteiger partial charge in [-0.3, -0.25) is 0 Å². The lowest BCUT2D eigenvalue weighted by molar-refractivity contribution is 0.112. The van der Waals surface area contributed by atoms with E-state index in [-0.39, 0.29) is 11.5 Å². The lowest BCUT2D eigenvalue weighted by Gasteiger charge is -2.41. The first kappa shape index (κ1) is 23.7. The number of pyridine rings is 1. The first-order chi connectivity index (χ1) is 17.2. The third kappa shape index (κ3) is 5.31. The van der Waals surface area contributed by atoms with Crippen LogP contribution in [0.1, 0.15) is 56.6 Å². The van der Waals surface area contributed by atoms with Crippen molar-refractivity contribution in [2.75, 3.05) is 0 Å². The molecule has 1 aromatic heterocycles. The summed E-state index contributed by atoms with van der Waals surface area (Å²) in [7, 11) is 0. The zero-order valence-electron chi connectivity index (χ0n) is 20.3. The Bertz CT molecular complexity index is 1250. The smallest absolute Gasteiger partial charge is 0.221 e. The van der Waals surface area contributed by atoms with Gasteiger partial charge >= 0.3 is 0 Å². The summed E-state index contributed by atoms with van der Waals surface area (Å²) >= 11 is 6.70. The molecule has 0 amide bonds. The van der Waals surface area contributed by atoms with Crippen molar-refractivity contribution in [2.45, 2.75) is 63.6 Å². The fraction of sp³-hybridized carbons (Fsp3) is 0.323. The van der Waals surface area contributed by atoms with E-state index in [9.17, 15) is 0 Å². The summed E-state index contributed by atoms with van der Waals surface area (Å²) in [6.45, 7) is 2.75. The summed E-state index contributed by atoms with van der Waals surface area (Å²) < 4.78 is 12.5. The van der Waals surface area contributed by atoms with Gasteiger partial charge in [0, 0.05) is 11.6 Å². The molecule has 0 N–H and O–H groups in total. The number of ether oxygens (including phenoxy) is 2. The van der Waals surface area contributed by atoms with Crippen LogP contribution in [0.2, 0.25) is 5.02 Å². The summed E-state index contributed by atoms with van der Waals surface area (Å²) in [4.78, 5) is 4.45. The zero-order valence-corrected chi connectivity index (χ0v) is 21.0. The maximum atomic E-state index is 6.70. The van der Waals surface area contributed by atoms with Crippen LogP contribution in [0, 0.1) is 0 Å². The normalized spacial score (nSPS) is 20.0. The standard InChI is InChI=1S/C31H32ClNO2/c1-2-16-31(25-11-7-4-8-12-25)17-13-26(14-18-31)35-29-20-24-15-19-33-30(27(24)21-28(29)32)34-22-23-9-5-3-6-10-23/h3-12,15,19-21,26H,2,13-14,16-18,22H2,1H3. The third-order valence-electron chi connectivity index (χ3n) is 7.30. The minimum atomic E-state index is 0.175. The highest BCUT2D eigenvalue weighted by molar-refractivity contribution is 6.33. The molecule has 0 atom stereocenters. The first-order valence-corrected chi connectivity index (χ1v) is 13.0. The molecule has 0 unspecified atom stereocenters. The highest BCUT2D eigenvalue weighted by Gasteiger charge is 2.36. The van der Waals surface area contributed by atoms with Crippen LogP contribution in [-0.4, -0.2) is 11.1 Å². The lowest BCUT2D eigenvalue weighted by atomic mass is 9.66. The Morgan fingerprint density at radius 3 is 2.37 bits per heavy atom. The molecular formula is C31H32ClNO2. The number of fused-ring (bicyclic) bond motifs is 1. The van der Waals surface area contributed by atoms with E-state index in [0.29, 0.717) is 17.5 Å². The maximum Gasteiger partial charge on any atom is 0.221 e. The number of nitrogens with zero attached hydrogens (tertiary/aromatic N) is 1. The van der Waals surface area contributed by atoms with Crippen LogP contribution in [0.15, 0.2) is 85.1 Å². The van der Waals surface area contributed by atoms with Gasteiger partial charge in [0.1, 0.15) is 12.4 Å². The fourth-order valence-electron chi connectivity index (χ4n) is 5.47. The third-order valence-corrected chi connectivity index (χ3v) is 7.59. The van der Waals surface area contributed by atoms with Crippen LogP contribution in [0.4, 0.5) is 0 Å². The Hall–Kier alpha value is -3.04. The van der Waals surface area contributed by atoms with Gasteiger partial charge in [-0.2, -0.15) is 0 Å². The largest absolute Gasteiger partial charge is 0.489 e. The van der Waals surface area contributed by atoms with E-state index < -0.39 is 0 Å². The van der Waals surface area contributed by atoms with Crippen molar-refractivity contribution in [3.05, 3.63) is 101 Å². The van der Waals surface area contributed by atoms with Gasteiger partial charge in [-0.15, -0.1) is 0 Å². The molecule has 0 aliphatic heterocycles. The quantitative estimate of drug-likeness (QED) is 0.250. The molecular weight excluding hydrogens is 454 g/mol. The molecule has 1 heterocycles. The van der Waals surface area contributed by atoms with E-state index in [0.717, 1.165) is 47.8 Å². The van der Waals surface area contributed by atoms with Crippen LogP contribution in [-0.2, 0) is 12.0 Å². The van der Waals surface area contributed by atoms with E-state index >= 15 is 0 Å². The number of halogens is 1. The van der Waals surface area contributed by atoms with Crippen molar-refractivity contribution >= 4 is 22.4 Å². The second-order valence-electron chi connectivity index (χ2n) is 9.61. The van der Waals surface area contributed by atoms with E-state index in [4.69, 9.17) is 21.1 Å². The summed E-state index contributed by atoms with van der Waals surface area (Å²) in [5.41, 5.74) is 2.84. The van der Waals surface area contributed by atoms with Crippen molar-refractivity contribution in [2.24, 2.45) is 0 Å². The Morgan fingerprint density at radius 2 is 1.66 bits per heavy atom. The lowest BCUT2D eigenvalue weighted by Crippen LogP contribution is -2.35. The zero-order chi connectivity index (χ0) is 24.1. The second kappa shape index (κ2) is 10.7. The van der Waals surface area contributed by atoms with Crippen molar-refractivity contribution in [1.82, 2.24) is 4.98 Å². The van der Waals surface area contributed by atoms with Gasteiger partial charge < -0.3 is 9.47 Å². The van der Waals surface area contributed by atoms with Gasteiger partial charge in [-0.1, -0.05) is 85.6 Å². The molecule has 3 aromatic carbocycles. The van der Waals surface area contributed by atoms with Crippen LogP contribution in [0.5, 0.6) is 11.6 Å². The van der Waals surface area contributed by atoms with Crippen molar-refractivity contribution in [1.29, 1.82) is 0 Å². The number of hydrogen-bond acceptors (Lipinski definition) is 3. The molecule has 4 heteroatoms. The van der Waals surface area contributed by atoms with Crippen molar-refractivity contribution in [3.8, 4) is 11.6 Å². The van der Waals surface area contributed by atoms with Gasteiger partial charge in [0.25, 0.3) is 0 Å². The molecule has 3 nitrogen and oxygen atoms in total. The summed E-state index contributed by atoms with van der Waals surface area (Å²) in [5.74, 6) is 1.33. The van der Waals surface area contributed by atoms with Crippen LogP contribution in [0.3, 0.4) is 0 Å². The Balaban J connectivity index is 1.30. The highest BCUT2D eigenvalue weighted by Crippen LogP contribution is 2.44. The second-order valence-corrected chi connectivity index (χ2v) is 10.0. The predicted molar refractivity (Wildman–Crippen MR) is 143 cm³/mol. The Kier molecular flexibility index (Phi) is 7.24. The topological polar surface area (TPSA) is 31.4 Å². The molecule has 0 saturated heterocycles. The predicted octanol–water partition coefficient (Wildman–Crippen LogP) is 8.53. The fourth-order valence-corrected chi connectivity index (χ4v) is 5.68. The number of hydrogen-bond donors (Lipinski definition) is 0. The van der Waals surface area contributed by atoms with Crippen LogP contribution < -0.4 is 9.47 Å². The van der Waals surface area contributed by atoms with Crippen molar-refractivity contribution < 1.29 is 9.47 Å². The molecule has 180 valence electrons. The number of benzene rings is 3. The van der Waals surface area contributed by atoms with E-state index in [1.165, 1.54) is 18.4 Å². The molecule has 1 fully saturated rings. The molecule has 0 spiro atoms. The molecule has 1 aliphatic carbocycles. The molecule has 1 aliphatic rings. The maximum absolute atomic E-state index is 6.70. The highest BCUT2D eigenvalue weighted by atomic mass is 35.5. The number of rotatable bonds is 8. The molecule has 35 heavy (non-hydrogen) atoms. The molecule has 5 rings (SSSR count). The molecule has 0 bridgehead atoms. The average molecular weight is 486 g/mol. The van der Waals surface area contributed by atoms with E-state index in [2.05, 4.69) is 42.2 Å².